The number of aromatic nitrogens is 1. The number of aliphatic hydroxyl groups is 1. The highest BCUT2D eigenvalue weighted by Crippen LogP contribution is 2.30. The molecule has 1 fully saturated rings. The third-order valence-electron chi connectivity index (χ3n) is 5.40. The monoisotopic (exact) mass is 487 g/mol. The molecule has 3 heterocycles. The van der Waals surface area contributed by atoms with Crippen LogP contribution in [0.5, 0.6) is 0 Å². The summed E-state index contributed by atoms with van der Waals surface area (Å²) in [6, 6.07) is 10.6. The lowest BCUT2D eigenvalue weighted by Crippen LogP contribution is -2.34. The number of thiophene rings is 1. The van der Waals surface area contributed by atoms with Gasteiger partial charge in [0, 0.05) is 30.5 Å². The van der Waals surface area contributed by atoms with Crippen molar-refractivity contribution in [3.8, 4) is 11.1 Å². The molecule has 0 spiro atoms. The zero-order valence-electron chi connectivity index (χ0n) is 17.8. The smallest absolute Gasteiger partial charge is 0.414 e. The fourth-order valence-corrected chi connectivity index (χ4v) is 4.77. The maximum atomic E-state index is 12.5. The van der Waals surface area contributed by atoms with Gasteiger partial charge < -0.3 is 20.1 Å². The number of carbonyl (C=O) groups is 2. The minimum Gasteiger partial charge on any atom is -0.442 e. The number of nitrogens with one attached hydrogen (secondary N) is 2. The van der Waals surface area contributed by atoms with E-state index in [1.165, 1.54) is 16.2 Å². The number of anilines is 1. The molecule has 1 aromatic carbocycles. The zero-order valence-corrected chi connectivity index (χ0v) is 19.3. The van der Waals surface area contributed by atoms with Crippen molar-refractivity contribution in [1.29, 1.82) is 0 Å². The Balaban J connectivity index is 1.47. The van der Waals surface area contributed by atoms with Gasteiger partial charge in [0.05, 0.1) is 22.3 Å². The van der Waals surface area contributed by atoms with Gasteiger partial charge in [-0.3, -0.25) is 14.5 Å². The molecule has 1 aliphatic rings. The van der Waals surface area contributed by atoms with Crippen LogP contribution in [0.3, 0.4) is 0 Å². The number of hydrogen-bond donors (Lipinski definition) is 3. The number of aryl methyl sites for hydroxylation is 1. The number of aromatic amines is 1. The highest BCUT2D eigenvalue weighted by atomic mass is 35.5. The summed E-state index contributed by atoms with van der Waals surface area (Å²) in [6.07, 6.45) is 0.849. The maximum absolute atomic E-state index is 12.5. The van der Waals surface area contributed by atoms with Crippen LogP contribution >= 0.6 is 22.9 Å². The predicted octanol–water partition coefficient (Wildman–Crippen LogP) is 3.36. The maximum Gasteiger partial charge on any atom is 0.414 e. The minimum absolute atomic E-state index is 0.131. The molecule has 1 aliphatic heterocycles. The molecule has 0 saturated carbocycles. The molecule has 172 valence electrons. The Labute approximate surface area is 198 Å². The standard InChI is InChI=1S/C23H22ClN3O5S/c1-13-10-14(2-3-16(13)17-6-8-25-21(29)18(17)7-9-28)27-12-15(32-23(27)31)11-26-22(30)19-4-5-20(24)33-19/h2-6,8,10,15,28H,7,9,11-12H2,1H3,(H,25,29)(H,26,30)/t15-/m0/s1. The van der Waals surface area contributed by atoms with E-state index in [0.29, 0.717) is 27.0 Å². The number of ether oxygens (including phenoxy) is 1. The second-order valence-electron chi connectivity index (χ2n) is 7.60. The van der Waals surface area contributed by atoms with E-state index in [1.807, 2.05) is 19.1 Å². The van der Waals surface area contributed by atoms with Crippen LogP contribution in [0, 0.1) is 6.92 Å². The van der Waals surface area contributed by atoms with E-state index in [4.69, 9.17) is 16.3 Å². The summed E-state index contributed by atoms with van der Waals surface area (Å²) in [5.41, 5.74) is 3.40. The first-order valence-corrected chi connectivity index (χ1v) is 11.5. The molecule has 0 unspecified atom stereocenters. The Kier molecular flexibility index (Phi) is 6.83. The lowest BCUT2D eigenvalue weighted by molar-refractivity contribution is 0.0920. The van der Waals surface area contributed by atoms with E-state index in [0.717, 1.165) is 16.7 Å². The van der Waals surface area contributed by atoms with E-state index >= 15 is 0 Å². The van der Waals surface area contributed by atoms with Gasteiger partial charge in [0.1, 0.15) is 6.10 Å². The highest BCUT2D eigenvalue weighted by molar-refractivity contribution is 7.18. The summed E-state index contributed by atoms with van der Waals surface area (Å²) in [4.78, 5) is 41.5. The summed E-state index contributed by atoms with van der Waals surface area (Å²) in [5.74, 6) is -0.266. The van der Waals surface area contributed by atoms with E-state index in [2.05, 4.69) is 10.3 Å². The number of nitrogens with zero attached hydrogens (tertiary/aromatic N) is 1. The molecule has 0 radical (unpaired) electrons. The van der Waals surface area contributed by atoms with Crippen LogP contribution in [0.15, 0.2) is 47.4 Å². The number of benzene rings is 1. The Hall–Kier alpha value is -3.14. The molecule has 10 heteroatoms. The lowest BCUT2D eigenvalue weighted by atomic mass is 9.95. The van der Waals surface area contributed by atoms with Gasteiger partial charge >= 0.3 is 6.09 Å². The van der Waals surface area contributed by atoms with Crippen molar-refractivity contribution >= 4 is 40.6 Å². The number of cyclic esters (lactones) is 1. The molecular weight excluding hydrogens is 466 g/mol. The lowest BCUT2D eigenvalue weighted by Gasteiger charge is -2.17. The van der Waals surface area contributed by atoms with Crippen molar-refractivity contribution in [2.75, 3.05) is 24.6 Å². The average molecular weight is 488 g/mol. The molecule has 4 rings (SSSR count). The zero-order chi connectivity index (χ0) is 23.5. The molecule has 3 N–H and O–H groups in total. The third-order valence-corrected chi connectivity index (χ3v) is 6.63. The molecule has 8 nitrogen and oxygen atoms in total. The van der Waals surface area contributed by atoms with E-state index in [-0.39, 0.29) is 31.0 Å². The topological polar surface area (TPSA) is 112 Å². The van der Waals surface area contributed by atoms with Crippen LogP contribution in [-0.2, 0) is 11.2 Å². The molecule has 1 saturated heterocycles. The van der Waals surface area contributed by atoms with Gasteiger partial charge in [0.2, 0.25) is 0 Å². The van der Waals surface area contributed by atoms with Crippen molar-refractivity contribution in [3.63, 3.8) is 0 Å². The Morgan fingerprint density at radius 2 is 2.09 bits per heavy atom. The van der Waals surface area contributed by atoms with Crippen LogP contribution in [0.1, 0.15) is 20.8 Å². The molecule has 3 aromatic rings. The van der Waals surface area contributed by atoms with Gasteiger partial charge in [-0.25, -0.2) is 4.79 Å². The van der Waals surface area contributed by atoms with Gasteiger partial charge in [-0.05, 0) is 53.9 Å². The van der Waals surface area contributed by atoms with Crippen molar-refractivity contribution in [2.24, 2.45) is 0 Å². The van der Waals surface area contributed by atoms with Crippen molar-refractivity contribution < 1.29 is 19.4 Å². The first kappa shape index (κ1) is 23.0. The summed E-state index contributed by atoms with van der Waals surface area (Å²) in [6.45, 7) is 2.25. The normalized spacial score (nSPS) is 15.5. The Morgan fingerprint density at radius 3 is 2.79 bits per heavy atom. The Morgan fingerprint density at radius 1 is 1.27 bits per heavy atom. The average Bonchev–Trinajstić information content (AvgIpc) is 3.39. The van der Waals surface area contributed by atoms with Gasteiger partial charge in [-0.1, -0.05) is 17.7 Å². The SMILES string of the molecule is Cc1cc(N2C[C@H](CNC(=O)c3ccc(Cl)s3)OC2=O)ccc1-c1cc[nH]c(=O)c1CCO. The molecule has 2 aromatic heterocycles. The number of rotatable bonds is 7. The summed E-state index contributed by atoms with van der Waals surface area (Å²) in [5, 5.41) is 12.1. The van der Waals surface area contributed by atoms with Gasteiger partial charge in [-0.15, -0.1) is 11.3 Å². The van der Waals surface area contributed by atoms with Crippen molar-refractivity contribution in [1.82, 2.24) is 10.3 Å². The molecule has 0 bridgehead atoms. The number of H-pyrrole nitrogens is 1. The third kappa shape index (κ3) is 4.95. The highest BCUT2D eigenvalue weighted by Gasteiger charge is 2.33. The fourth-order valence-electron chi connectivity index (χ4n) is 3.81. The van der Waals surface area contributed by atoms with Crippen molar-refractivity contribution in [2.45, 2.75) is 19.4 Å². The molecule has 0 aliphatic carbocycles. The number of pyridine rings is 1. The van der Waals surface area contributed by atoms with Crippen LogP contribution in [0.4, 0.5) is 10.5 Å². The van der Waals surface area contributed by atoms with Crippen molar-refractivity contribution in [3.05, 3.63) is 73.3 Å². The van der Waals surface area contributed by atoms with E-state index in [1.54, 1.807) is 30.5 Å². The molecule has 2 amide bonds. The van der Waals surface area contributed by atoms with Crippen LogP contribution < -0.4 is 15.8 Å². The van der Waals surface area contributed by atoms with E-state index in [9.17, 15) is 19.5 Å². The summed E-state index contributed by atoms with van der Waals surface area (Å²) >= 11 is 7.05. The van der Waals surface area contributed by atoms with Crippen LogP contribution in [0.2, 0.25) is 4.34 Å². The van der Waals surface area contributed by atoms with Gasteiger partial charge in [0.15, 0.2) is 0 Å². The van der Waals surface area contributed by atoms with Crippen LogP contribution in [0.25, 0.3) is 11.1 Å². The number of carbonyl (C=O) groups excluding carboxylic acids is 2. The van der Waals surface area contributed by atoms with Gasteiger partial charge in [-0.2, -0.15) is 0 Å². The summed E-state index contributed by atoms with van der Waals surface area (Å²) in [7, 11) is 0. The largest absolute Gasteiger partial charge is 0.442 e. The number of halogens is 1. The van der Waals surface area contributed by atoms with Crippen LogP contribution in [-0.4, -0.2) is 47.9 Å². The second-order valence-corrected chi connectivity index (χ2v) is 9.32. The first-order valence-electron chi connectivity index (χ1n) is 10.3. The summed E-state index contributed by atoms with van der Waals surface area (Å²) < 4.78 is 5.95. The Bertz CT molecular complexity index is 1250. The minimum atomic E-state index is -0.488. The molecule has 33 heavy (non-hydrogen) atoms. The fraction of sp³-hybridized carbons (Fsp3) is 0.261. The molecular formula is C23H22ClN3O5S. The number of aliphatic hydroxyl groups excluding tert-OH is 1. The second kappa shape index (κ2) is 9.78. The van der Waals surface area contributed by atoms with Gasteiger partial charge in [0.25, 0.3) is 11.5 Å². The number of amides is 2. The number of hydrogen-bond acceptors (Lipinski definition) is 6. The molecule has 1 atom stereocenters. The quantitative estimate of drug-likeness (QED) is 0.473. The van der Waals surface area contributed by atoms with E-state index < -0.39 is 12.2 Å². The first-order chi connectivity index (χ1) is 15.9. The predicted molar refractivity (Wildman–Crippen MR) is 127 cm³/mol.